The van der Waals surface area contributed by atoms with Gasteiger partial charge in [-0.2, -0.15) is 18.3 Å². The molecule has 11 heteroatoms. The zero-order valence-electron chi connectivity index (χ0n) is 20.0. The van der Waals surface area contributed by atoms with E-state index in [1.807, 2.05) is 35.0 Å². The predicted molar refractivity (Wildman–Crippen MR) is 129 cm³/mol. The van der Waals surface area contributed by atoms with Gasteiger partial charge < -0.3 is 20.1 Å². The normalized spacial score (nSPS) is 17.5. The van der Waals surface area contributed by atoms with Crippen LogP contribution in [0.3, 0.4) is 0 Å². The van der Waals surface area contributed by atoms with E-state index in [0.29, 0.717) is 25.4 Å². The second kappa shape index (κ2) is 11.7. The molecule has 0 bridgehead atoms. The molecule has 1 aliphatic heterocycles. The van der Waals surface area contributed by atoms with Crippen molar-refractivity contribution in [3.63, 3.8) is 0 Å². The van der Waals surface area contributed by atoms with Gasteiger partial charge in [0.2, 0.25) is 0 Å². The summed E-state index contributed by atoms with van der Waals surface area (Å²) in [6.07, 6.45) is 0.252. The summed E-state index contributed by atoms with van der Waals surface area (Å²) in [5, 5.41) is 15.6. The molecular formula is C26H28F4N4O3. The first-order valence-electron chi connectivity index (χ1n) is 12.0. The average Bonchev–Trinajstić information content (AvgIpc) is 3.34. The summed E-state index contributed by atoms with van der Waals surface area (Å²) >= 11 is 0. The number of fused-ring (bicyclic) bond motifs is 1. The van der Waals surface area contributed by atoms with Crippen LogP contribution in [0.25, 0.3) is 5.69 Å². The zero-order chi connectivity index (χ0) is 26.4. The molecule has 1 aromatic heterocycles. The minimum Gasteiger partial charge on any atom is -0.475 e. The number of carbonyl (C=O) groups is 1. The summed E-state index contributed by atoms with van der Waals surface area (Å²) in [5.41, 5.74) is 5.14. The predicted octanol–water partition coefficient (Wildman–Crippen LogP) is 4.65. The van der Waals surface area contributed by atoms with Crippen LogP contribution in [0.1, 0.15) is 35.7 Å². The Bertz CT molecular complexity index is 1190. The second-order valence-electron chi connectivity index (χ2n) is 8.83. The van der Waals surface area contributed by atoms with Gasteiger partial charge in [-0.25, -0.2) is 13.9 Å². The molecule has 0 radical (unpaired) electrons. The number of aliphatic carboxylic acids is 1. The number of alkyl halides is 3. The Morgan fingerprint density at radius 1 is 1.14 bits per heavy atom. The minimum absolute atomic E-state index is 0.155. The molecule has 1 aliphatic carbocycles. The lowest BCUT2D eigenvalue weighted by Crippen LogP contribution is -2.36. The second-order valence-corrected chi connectivity index (χ2v) is 8.83. The number of nitrogens with zero attached hydrogens (tertiary/aromatic N) is 3. The Labute approximate surface area is 211 Å². The van der Waals surface area contributed by atoms with Crippen molar-refractivity contribution in [1.82, 2.24) is 15.1 Å². The standard InChI is InChI=1S/C24H27FN4O.C2HF3O2/c25-21-15-18(9-10-24(21)28-11-13-30-14-12-28)16-26-22-7-4-8-23-20(22)17-29(27-23)19-5-2-1-3-6-19;3-2(4,5)1(6)7/h1-3,5-6,9-10,15,17,22,26H,4,7-8,11-14,16H2;(H,6,7). The third kappa shape index (κ3) is 6.86. The Morgan fingerprint density at radius 2 is 1.84 bits per heavy atom. The zero-order valence-corrected chi connectivity index (χ0v) is 20.0. The molecule has 7 nitrogen and oxygen atoms in total. The number of rotatable bonds is 5. The molecule has 0 saturated carbocycles. The van der Waals surface area contributed by atoms with Crippen LogP contribution in [-0.2, 0) is 22.5 Å². The van der Waals surface area contributed by atoms with Crippen LogP contribution in [0.15, 0.2) is 54.7 Å². The molecule has 2 N–H and O–H groups in total. The van der Waals surface area contributed by atoms with Crippen molar-refractivity contribution in [2.24, 2.45) is 0 Å². The maximum atomic E-state index is 14.7. The average molecular weight is 521 g/mol. The lowest BCUT2D eigenvalue weighted by atomic mass is 9.93. The van der Waals surface area contributed by atoms with Crippen LogP contribution in [0, 0.1) is 5.82 Å². The van der Waals surface area contributed by atoms with Gasteiger partial charge in [0, 0.05) is 37.4 Å². The summed E-state index contributed by atoms with van der Waals surface area (Å²) in [4.78, 5) is 11.0. The smallest absolute Gasteiger partial charge is 0.475 e. The van der Waals surface area contributed by atoms with Crippen molar-refractivity contribution in [3.8, 4) is 5.69 Å². The third-order valence-electron chi connectivity index (χ3n) is 6.28. The highest BCUT2D eigenvalue weighted by atomic mass is 19.4. The highest BCUT2D eigenvalue weighted by molar-refractivity contribution is 5.73. The van der Waals surface area contributed by atoms with Crippen molar-refractivity contribution in [3.05, 3.63) is 77.4 Å². The lowest BCUT2D eigenvalue weighted by molar-refractivity contribution is -0.192. The van der Waals surface area contributed by atoms with Gasteiger partial charge >= 0.3 is 12.1 Å². The number of nitrogens with one attached hydrogen (secondary N) is 1. The van der Waals surface area contributed by atoms with E-state index < -0.39 is 12.1 Å². The van der Waals surface area contributed by atoms with Crippen molar-refractivity contribution >= 4 is 11.7 Å². The van der Waals surface area contributed by atoms with E-state index in [-0.39, 0.29) is 11.9 Å². The Morgan fingerprint density at radius 3 is 2.49 bits per heavy atom. The van der Waals surface area contributed by atoms with Gasteiger partial charge in [-0.05, 0) is 49.1 Å². The maximum Gasteiger partial charge on any atom is 0.490 e. The summed E-state index contributed by atoms with van der Waals surface area (Å²) in [7, 11) is 0. The van der Waals surface area contributed by atoms with Crippen molar-refractivity contribution in [1.29, 1.82) is 0 Å². The maximum absolute atomic E-state index is 14.7. The molecule has 198 valence electrons. The first-order valence-corrected chi connectivity index (χ1v) is 12.0. The number of carboxylic acid groups (broad SMARTS) is 1. The van der Waals surface area contributed by atoms with Gasteiger partial charge in [0.15, 0.2) is 0 Å². The number of hydrogen-bond acceptors (Lipinski definition) is 5. The number of hydrogen-bond donors (Lipinski definition) is 2. The highest BCUT2D eigenvalue weighted by Gasteiger charge is 2.38. The molecule has 3 aromatic rings. The van der Waals surface area contributed by atoms with Crippen molar-refractivity contribution in [2.75, 3.05) is 31.2 Å². The monoisotopic (exact) mass is 520 g/mol. The summed E-state index contributed by atoms with van der Waals surface area (Å²) in [6, 6.07) is 16.0. The van der Waals surface area contributed by atoms with E-state index in [1.165, 1.54) is 5.56 Å². The summed E-state index contributed by atoms with van der Waals surface area (Å²) in [6.45, 7) is 3.43. The van der Waals surface area contributed by atoms with Crippen molar-refractivity contribution in [2.45, 2.75) is 38.0 Å². The number of morpholine rings is 1. The Hall–Kier alpha value is -3.44. The highest BCUT2D eigenvalue weighted by Crippen LogP contribution is 2.30. The first-order chi connectivity index (χ1) is 17.7. The van der Waals surface area contributed by atoms with E-state index in [2.05, 4.69) is 28.5 Å². The lowest BCUT2D eigenvalue weighted by Gasteiger charge is -2.29. The van der Waals surface area contributed by atoms with E-state index in [0.717, 1.165) is 49.3 Å². The first kappa shape index (κ1) is 26.6. The number of carboxylic acids is 1. The van der Waals surface area contributed by atoms with E-state index in [1.54, 1.807) is 6.07 Å². The Balaban J connectivity index is 0.000000405. The molecule has 2 aromatic carbocycles. The topological polar surface area (TPSA) is 79.6 Å². The van der Waals surface area contributed by atoms with Gasteiger partial charge in [0.05, 0.1) is 30.3 Å². The number of para-hydroxylation sites is 1. The molecular weight excluding hydrogens is 492 g/mol. The largest absolute Gasteiger partial charge is 0.490 e. The number of anilines is 1. The molecule has 0 spiro atoms. The van der Waals surface area contributed by atoms with Gasteiger partial charge in [0.25, 0.3) is 0 Å². The van der Waals surface area contributed by atoms with Crippen molar-refractivity contribution < 1.29 is 32.2 Å². The molecule has 5 rings (SSSR count). The fourth-order valence-corrected chi connectivity index (χ4v) is 4.42. The molecule has 2 aliphatic rings. The number of ether oxygens (including phenoxy) is 1. The Kier molecular flexibility index (Phi) is 8.45. The van der Waals surface area contributed by atoms with Crippen LogP contribution >= 0.6 is 0 Å². The van der Waals surface area contributed by atoms with E-state index in [4.69, 9.17) is 19.7 Å². The van der Waals surface area contributed by atoms with Crippen LogP contribution in [0.5, 0.6) is 0 Å². The molecule has 37 heavy (non-hydrogen) atoms. The van der Waals surface area contributed by atoms with Gasteiger partial charge in [-0.15, -0.1) is 0 Å². The number of benzene rings is 2. The number of halogens is 4. The molecule has 1 saturated heterocycles. The van der Waals surface area contributed by atoms with E-state index >= 15 is 0 Å². The minimum atomic E-state index is -5.08. The van der Waals surface area contributed by atoms with Crippen LogP contribution < -0.4 is 10.2 Å². The summed E-state index contributed by atoms with van der Waals surface area (Å²) < 4.78 is 53.8. The quantitative estimate of drug-likeness (QED) is 0.477. The molecule has 1 unspecified atom stereocenters. The van der Waals surface area contributed by atoms with Gasteiger partial charge in [0.1, 0.15) is 5.82 Å². The van der Waals surface area contributed by atoms with Gasteiger partial charge in [-0.1, -0.05) is 24.3 Å². The fraction of sp³-hybridized carbons (Fsp3) is 0.385. The van der Waals surface area contributed by atoms with Crippen LogP contribution in [0.4, 0.5) is 23.2 Å². The fourth-order valence-electron chi connectivity index (χ4n) is 4.42. The van der Waals surface area contributed by atoms with Crippen LogP contribution in [-0.4, -0.2) is 53.3 Å². The van der Waals surface area contributed by atoms with Gasteiger partial charge in [-0.3, -0.25) is 0 Å². The molecule has 1 fully saturated rings. The number of aryl methyl sites for hydroxylation is 1. The van der Waals surface area contributed by atoms with Crippen LogP contribution in [0.2, 0.25) is 0 Å². The number of aromatic nitrogens is 2. The third-order valence-corrected chi connectivity index (χ3v) is 6.28. The molecule has 0 amide bonds. The van der Waals surface area contributed by atoms with E-state index in [9.17, 15) is 17.6 Å². The SMILES string of the molecule is Fc1cc(CNC2CCCc3nn(-c4ccccc4)cc32)ccc1N1CCOCC1.O=C(O)C(F)(F)F. The summed E-state index contributed by atoms with van der Waals surface area (Å²) in [5.74, 6) is -2.91. The molecule has 1 atom stereocenters. The molecule has 2 heterocycles.